The van der Waals surface area contributed by atoms with Crippen molar-refractivity contribution in [1.82, 2.24) is 9.78 Å². The minimum Gasteiger partial charge on any atom is -0.465 e. The van der Waals surface area contributed by atoms with Crippen molar-refractivity contribution in [3.8, 4) is 11.1 Å². The zero-order valence-electron chi connectivity index (χ0n) is 19.9. The highest BCUT2D eigenvalue weighted by atomic mass is 16.5. The molecule has 0 radical (unpaired) electrons. The Morgan fingerprint density at radius 1 is 1.00 bits per heavy atom. The minimum absolute atomic E-state index is 0.0559. The SMILES string of the molecule is COCc1nn2c(c1-c1ccccc1)NC(=O)C2CC(=O)Nc1cc(C(=O)OC)cc(C(=O)OC)c1. The van der Waals surface area contributed by atoms with Crippen molar-refractivity contribution in [3.63, 3.8) is 0 Å². The van der Waals surface area contributed by atoms with Crippen molar-refractivity contribution < 1.29 is 33.4 Å². The summed E-state index contributed by atoms with van der Waals surface area (Å²) in [4.78, 5) is 49.7. The van der Waals surface area contributed by atoms with E-state index in [1.165, 1.54) is 37.1 Å². The standard InChI is InChI=1S/C25H24N4O7/c1-34-13-18-21(14-7-5-4-6-8-14)22-27-23(31)19(29(22)28-18)12-20(30)26-17-10-15(24(32)35-2)9-16(11-17)25(33)36-3/h4-11,19H,12-13H2,1-3H3,(H,26,30)(H,27,31). The molecule has 1 atom stereocenters. The Morgan fingerprint density at radius 3 is 2.22 bits per heavy atom. The van der Waals surface area contributed by atoms with Gasteiger partial charge in [0.05, 0.1) is 44.1 Å². The topological polar surface area (TPSA) is 138 Å². The van der Waals surface area contributed by atoms with Crippen LogP contribution in [0.25, 0.3) is 11.1 Å². The molecule has 2 amide bonds. The number of nitrogens with one attached hydrogen (secondary N) is 2. The van der Waals surface area contributed by atoms with E-state index in [1.54, 1.807) is 7.11 Å². The summed E-state index contributed by atoms with van der Waals surface area (Å²) in [5, 5.41) is 10.0. The molecule has 1 aromatic heterocycles. The van der Waals surface area contributed by atoms with Gasteiger partial charge in [-0.1, -0.05) is 30.3 Å². The molecule has 2 aromatic carbocycles. The van der Waals surface area contributed by atoms with E-state index >= 15 is 0 Å². The van der Waals surface area contributed by atoms with E-state index in [2.05, 4.69) is 15.7 Å². The van der Waals surface area contributed by atoms with Gasteiger partial charge in [0, 0.05) is 18.4 Å². The lowest BCUT2D eigenvalue weighted by atomic mass is 10.1. The van der Waals surface area contributed by atoms with E-state index in [0.29, 0.717) is 11.5 Å². The van der Waals surface area contributed by atoms with Gasteiger partial charge in [-0.3, -0.25) is 9.59 Å². The van der Waals surface area contributed by atoms with Crippen LogP contribution in [0.5, 0.6) is 0 Å². The molecule has 2 N–H and O–H groups in total. The van der Waals surface area contributed by atoms with Crippen LogP contribution in [-0.2, 0) is 30.4 Å². The third-order valence-corrected chi connectivity index (χ3v) is 5.60. The molecular weight excluding hydrogens is 468 g/mol. The van der Waals surface area contributed by atoms with Crippen molar-refractivity contribution >= 4 is 35.3 Å². The Balaban J connectivity index is 1.60. The van der Waals surface area contributed by atoms with E-state index < -0.39 is 23.9 Å². The summed E-state index contributed by atoms with van der Waals surface area (Å²) in [6, 6.07) is 12.6. The van der Waals surface area contributed by atoms with Crippen molar-refractivity contribution in [2.24, 2.45) is 0 Å². The molecule has 1 aliphatic heterocycles. The number of carbonyl (C=O) groups excluding carboxylic acids is 4. The van der Waals surface area contributed by atoms with E-state index in [1.807, 2.05) is 30.3 Å². The maximum absolute atomic E-state index is 12.9. The number of hydrogen-bond acceptors (Lipinski definition) is 8. The first kappa shape index (κ1) is 24.6. The van der Waals surface area contributed by atoms with Gasteiger partial charge in [-0.2, -0.15) is 5.10 Å². The Morgan fingerprint density at radius 2 is 1.64 bits per heavy atom. The summed E-state index contributed by atoms with van der Waals surface area (Å²) in [6.45, 7) is 0.218. The fourth-order valence-corrected chi connectivity index (χ4v) is 4.02. The first-order valence-corrected chi connectivity index (χ1v) is 10.9. The lowest BCUT2D eigenvalue weighted by Gasteiger charge is -2.12. The number of carbonyl (C=O) groups is 4. The van der Waals surface area contributed by atoms with Gasteiger partial charge in [-0.05, 0) is 23.8 Å². The predicted molar refractivity (Wildman–Crippen MR) is 128 cm³/mol. The van der Waals surface area contributed by atoms with Gasteiger partial charge in [0.15, 0.2) is 0 Å². The molecule has 11 nitrogen and oxygen atoms in total. The van der Waals surface area contributed by atoms with Crippen LogP contribution in [-0.4, -0.2) is 54.9 Å². The number of rotatable bonds is 8. The molecule has 4 rings (SSSR count). The second-order valence-electron chi connectivity index (χ2n) is 7.95. The maximum Gasteiger partial charge on any atom is 0.337 e. The fourth-order valence-electron chi connectivity index (χ4n) is 4.02. The molecule has 2 heterocycles. The van der Waals surface area contributed by atoms with Crippen LogP contribution < -0.4 is 10.6 Å². The molecule has 0 spiro atoms. The summed E-state index contributed by atoms with van der Waals surface area (Å²) in [7, 11) is 3.95. The normalized spacial score (nSPS) is 14.1. The van der Waals surface area contributed by atoms with Crippen LogP contribution in [0.15, 0.2) is 48.5 Å². The van der Waals surface area contributed by atoms with Gasteiger partial charge < -0.3 is 24.8 Å². The number of hydrogen-bond donors (Lipinski definition) is 2. The summed E-state index contributed by atoms with van der Waals surface area (Å²) < 4.78 is 16.2. The quantitative estimate of drug-likeness (QED) is 0.458. The van der Waals surface area contributed by atoms with Gasteiger partial charge in [0.1, 0.15) is 11.9 Å². The molecule has 0 bridgehead atoms. The third kappa shape index (κ3) is 4.82. The number of fused-ring (bicyclic) bond motifs is 1. The number of benzene rings is 2. The summed E-state index contributed by atoms with van der Waals surface area (Å²) in [5.41, 5.74) is 2.49. The number of nitrogens with zero attached hydrogens (tertiary/aromatic N) is 2. The molecule has 0 fully saturated rings. The molecule has 0 aliphatic carbocycles. The molecule has 1 unspecified atom stereocenters. The highest BCUT2D eigenvalue weighted by Crippen LogP contribution is 2.38. The zero-order chi connectivity index (χ0) is 25.8. The van der Waals surface area contributed by atoms with Crippen molar-refractivity contribution in [2.45, 2.75) is 19.1 Å². The van der Waals surface area contributed by atoms with Gasteiger partial charge in [0.25, 0.3) is 5.91 Å². The minimum atomic E-state index is -0.906. The van der Waals surface area contributed by atoms with Crippen LogP contribution in [0.4, 0.5) is 11.5 Å². The highest BCUT2D eigenvalue weighted by Gasteiger charge is 2.37. The second-order valence-corrected chi connectivity index (χ2v) is 7.95. The smallest absolute Gasteiger partial charge is 0.337 e. The highest BCUT2D eigenvalue weighted by molar-refractivity contribution is 6.05. The number of aromatic nitrogens is 2. The average Bonchev–Trinajstić information content (AvgIpc) is 3.37. The Bertz CT molecular complexity index is 1300. The first-order valence-electron chi connectivity index (χ1n) is 10.9. The zero-order valence-corrected chi connectivity index (χ0v) is 19.9. The lowest BCUT2D eigenvalue weighted by Crippen LogP contribution is -2.24. The third-order valence-electron chi connectivity index (χ3n) is 5.60. The monoisotopic (exact) mass is 492 g/mol. The number of esters is 2. The Hall–Kier alpha value is -4.51. The Kier molecular flexibility index (Phi) is 7.11. The van der Waals surface area contributed by atoms with E-state index in [9.17, 15) is 19.2 Å². The van der Waals surface area contributed by atoms with Crippen LogP contribution in [0.2, 0.25) is 0 Å². The van der Waals surface area contributed by atoms with Crippen molar-refractivity contribution in [2.75, 3.05) is 32.0 Å². The van der Waals surface area contributed by atoms with Crippen LogP contribution in [0.1, 0.15) is 38.9 Å². The Labute approximate surface area is 206 Å². The van der Waals surface area contributed by atoms with Gasteiger partial charge in [-0.15, -0.1) is 0 Å². The fraction of sp³-hybridized carbons (Fsp3) is 0.240. The summed E-state index contributed by atoms with van der Waals surface area (Å²) in [5.74, 6) is -1.80. The summed E-state index contributed by atoms with van der Waals surface area (Å²) in [6.07, 6.45) is -0.239. The average molecular weight is 492 g/mol. The van der Waals surface area contributed by atoms with Crippen LogP contribution in [0, 0.1) is 0 Å². The maximum atomic E-state index is 12.9. The largest absolute Gasteiger partial charge is 0.465 e. The molecule has 11 heteroatoms. The summed E-state index contributed by atoms with van der Waals surface area (Å²) >= 11 is 0. The number of ether oxygens (including phenoxy) is 3. The molecule has 186 valence electrons. The van der Waals surface area contributed by atoms with E-state index in [0.717, 1.165) is 11.1 Å². The molecule has 36 heavy (non-hydrogen) atoms. The predicted octanol–water partition coefficient (Wildman–Crippen LogP) is 2.79. The number of anilines is 2. The molecule has 0 saturated heterocycles. The molecule has 1 aliphatic rings. The van der Waals surface area contributed by atoms with Crippen LogP contribution >= 0.6 is 0 Å². The molecule has 0 saturated carbocycles. The molecular formula is C25H24N4O7. The van der Waals surface area contributed by atoms with Crippen LogP contribution in [0.3, 0.4) is 0 Å². The number of methoxy groups -OCH3 is 3. The first-order chi connectivity index (χ1) is 17.4. The molecule has 3 aromatic rings. The van der Waals surface area contributed by atoms with Crippen molar-refractivity contribution in [3.05, 3.63) is 65.4 Å². The lowest BCUT2D eigenvalue weighted by molar-refractivity contribution is -0.123. The van der Waals surface area contributed by atoms with Gasteiger partial charge in [0.2, 0.25) is 5.91 Å². The van der Waals surface area contributed by atoms with E-state index in [-0.39, 0.29) is 35.7 Å². The van der Waals surface area contributed by atoms with Gasteiger partial charge >= 0.3 is 11.9 Å². The van der Waals surface area contributed by atoms with Crippen molar-refractivity contribution in [1.29, 1.82) is 0 Å². The number of amides is 2. The van der Waals surface area contributed by atoms with Gasteiger partial charge in [-0.25, -0.2) is 14.3 Å². The van der Waals surface area contributed by atoms with E-state index in [4.69, 9.17) is 14.2 Å². The second kappa shape index (κ2) is 10.4.